The Kier molecular flexibility index (Phi) is 8.08. The summed E-state index contributed by atoms with van der Waals surface area (Å²) < 4.78 is 41.0. The number of hydrogen-bond acceptors (Lipinski definition) is 5. The van der Waals surface area contributed by atoms with Crippen molar-refractivity contribution in [3.63, 3.8) is 0 Å². The maximum absolute atomic E-state index is 13.7. The van der Waals surface area contributed by atoms with E-state index in [-0.39, 0.29) is 17.2 Å². The van der Waals surface area contributed by atoms with Crippen LogP contribution in [0.15, 0.2) is 103 Å². The Bertz CT molecular complexity index is 1060. The molecule has 1 heterocycles. The lowest BCUT2D eigenvalue weighted by Crippen LogP contribution is -2.37. The predicted octanol–water partition coefficient (Wildman–Crippen LogP) is 3.49. The van der Waals surface area contributed by atoms with E-state index in [1.54, 1.807) is 42.5 Å². The van der Waals surface area contributed by atoms with E-state index in [2.05, 4.69) is 28.5 Å². The van der Waals surface area contributed by atoms with E-state index in [9.17, 15) is 18.0 Å². The molecule has 5 N–H and O–H groups in total. The van der Waals surface area contributed by atoms with Crippen molar-refractivity contribution in [1.29, 1.82) is 0 Å². The van der Waals surface area contributed by atoms with Gasteiger partial charge in [-0.15, -0.1) is 0 Å². The molecule has 0 aliphatic rings. The number of halogens is 3. The lowest BCUT2D eigenvalue weighted by atomic mass is 10.1. The third-order valence-electron chi connectivity index (χ3n) is 3.99. The minimum absolute atomic E-state index is 0.0439. The number of pyridine rings is 1. The molecule has 2 aromatic rings. The van der Waals surface area contributed by atoms with Crippen LogP contribution >= 0.6 is 0 Å². The molecule has 0 radical (unpaired) electrons. The third kappa shape index (κ3) is 6.67. The maximum Gasteiger partial charge on any atom is 0.432 e. The summed E-state index contributed by atoms with van der Waals surface area (Å²) in [6.07, 6.45) is 0.815. The number of hydrogen-bond donors (Lipinski definition) is 3. The highest BCUT2D eigenvalue weighted by Gasteiger charge is 2.38. The lowest BCUT2D eigenvalue weighted by Gasteiger charge is -2.24. The molecule has 10 heteroatoms. The van der Waals surface area contributed by atoms with Gasteiger partial charge in [-0.05, 0) is 41.5 Å². The molecular formula is C22H21F3N6O. The Morgan fingerprint density at radius 2 is 1.81 bits per heavy atom. The average molecular weight is 442 g/mol. The minimum atomic E-state index is -4.82. The van der Waals surface area contributed by atoms with Crippen LogP contribution in [-0.2, 0) is 0 Å². The van der Waals surface area contributed by atoms with Crippen molar-refractivity contribution in [3.8, 4) is 0 Å². The number of nitrogens with one attached hydrogen (secondary N) is 1. The Balaban J connectivity index is 2.27. The summed E-state index contributed by atoms with van der Waals surface area (Å²) in [7, 11) is 0. The number of carbonyl (C=O) groups is 1. The first-order valence-corrected chi connectivity index (χ1v) is 9.08. The number of rotatable bonds is 7. The zero-order chi connectivity index (χ0) is 23.7. The second-order valence-electron chi connectivity index (χ2n) is 6.26. The number of alkyl halides is 3. The molecule has 32 heavy (non-hydrogen) atoms. The van der Waals surface area contributed by atoms with E-state index in [0.29, 0.717) is 16.1 Å². The fraction of sp³-hybridized carbons (Fsp3) is 0.0455. The molecule has 0 bridgehead atoms. The van der Waals surface area contributed by atoms with Crippen molar-refractivity contribution in [2.45, 2.75) is 6.18 Å². The second kappa shape index (κ2) is 10.7. The van der Waals surface area contributed by atoms with E-state index < -0.39 is 17.8 Å². The Morgan fingerprint density at radius 1 is 1.16 bits per heavy atom. The normalized spacial score (nSPS) is 12.8. The molecule has 1 aromatic carbocycles. The van der Waals surface area contributed by atoms with Crippen LogP contribution in [0.5, 0.6) is 0 Å². The van der Waals surface area contributed by atoms with Gasteiger partial charge >= 0.3 is 6.18 Å². The molecule has 0 saturated heterocycles. The Hall–Kier alpha value is -4.18. The first kappa shape index (κ1) is 24.1. The quantitative estimate of drug-likeness (QED) is 0.200. The Morgan fingerprint density at radius 3 is 2.38 bits per heavy atom. The number of aliphatic imine (C=N–C) groups is 1. The van der Waals surface area contributed by atoms with Crippen LogP contribution in [0.4, 0.5) is 13.2 Å². The van der Waals surface area contributed by atoms with E-state index in [0.717, 1.165) is 18.4 Å². The molecule has 166 valence electrons. The highest BCUT2D eigenvalue weighted by molar-refractivity contribution is 6.05. The van der Waals surface area contributed by atoms with E-state index in [1.807, 2.05) is 0 Å². The van der Waals surface area contributed by atoms with Crippen LogP contribution in [0.2, 0.25) is 0 Å². The van der Waals surface area contributed by atoms with Crippen LogP contribution in [0.3, 0.4) is 0 Å². The number of benzene rings is 1. The van der Waals surface area contributed by atoms with Crippen LogP contribution in [0, 0.1) is 0 Å². The minimum Gasteiger partial charge on any atom is -0.369 e. The lowest BCUT2D eigenvalue weighted by molar-refractivity contribution is -0.108. The third-order valence-corrected chi connectivity index (χ3v) is 3.99. The van der Waals surface area contributed by atoms with Crippen molar-refractivity contribution in [1.82, 2.24) is 15.3 Å². The van der Waals surface area contributed by atoms with Gasteiger partial charge in [0.05, 0.1) is 11.9 Å². The first-order chi connectivity index (χ1) is 15.1. The molecule has 2 rings (SSSR count). The molecule has 1 amide bonds. The maximum atomic E-state index is 13.7. The zero-order valence-corrected chi connectivity index (χ0v) is 16.9. The molecule has 0 spiro atoms. The fourth-order valence-electron chi connectivity index (χ4n) is 2.39. The molecule has 0 saturated carbocycles. The topological polar surface area (TPSA) is 110 Å². The summed E-state index contributed by atoms with van der Waals surface area (Å²) in [6, 6.07) is 11.3. The number of nitrogens with two attached hydrogens (primary N) is 2. The van der Waals surface area contributed by atoms with E-state index in [4.69, 9.17) is 11.6 Å². The Labute approximate surface area is 182 Å². The van der Waals surface area contributed by atoms with Gasteiger partial charge in [0.1, 0.15) is 5.70 Å². The predicted molar refractivity (Wildman–Crippen MR) is 117 cm³/mol. The monoisotopic (exact) mass is 442 g/mol. The van der Waals surface area contributed by atoms with Gasteiger partial charge in [0.25, 0.3) is 5.91 Å². The van der Waals surface area contributed by atoms with Crippen LogP contribution in [-0.4, -0.2) is 28.0 Å². The van der Waals surface area contributed by atoms with Gasteiger partial charge < -0.3 is 5.73 Å². The van der Waals surface area contributed by atoms with Crippen molar-refractivity contribution in [2.75, 3.05) is 0 Å². The SMILES string of the molecule is C=C/C(=C\N=C(/N)NC(=O)c1ccccc1)N(N)/C(=C\C(=C)c1cccnc1)C(F)(F)F. The zero-order valence-electron chi connectivity index (χ0n) is 16.9. The number of hydrazine groups is 1. The van der Waals surface area contributed by atoms with Gasteiger partial charge in [-0.3, -0.25) is 20.1 Å². The smallest absolute Gasteiger partial charge is 0.369 e. The van der Waals surface area contributed by atoms with Crippen molar-refractivity contribution >= 4 is 17.4 Å². The summed E-state index contributed by atoms with van der Waals surface area (Å²) >= 11 is 0. The summed E-state index contributed by atoms with van der Waals surface area (Å²) in [5.74, 6) is 4.84. The largest absolute Gasteiger partial charge is 0.432 e. The van der Waals surface area contributed by atoms with E-state index in [1.165, 1.54) is 12.4 Å². The summed E-state index contributed by atoms with van der Waals surface area (Å²) in [5, 5.41) is 2.67. The summed E-state index contributed by atoms with van der Waals surface area (Å²) in [5.41, 5.74) is 4.96. The van der Waals surface area contributed by atoms with Crippen molar-refractivity contribution in [3.05, 3.63) is 109 Å². The number of guanidine groups is 1. The van der Waals surface area contributed by atoms with Crippen LogP contribution < -0.4 is 16.9 Å². The number of amides is 1. The molecular weight excluding hydrogens is 421 g/mol. The highest BCUT2D eigenvalue weighted by atomic mass is 19.4. The van der Waals surface area contributed by atoms with Crippen LogP contribution in [0.1, 0.15) is 15.9 Å². The second-order valence-corrected chi connectivity index (χ2v) is 6.26. The first-order valence-electron chi connectivity index (χ1n) is 9.08. The van der Waals surface area contributed by atoms with Gasteiger partial charge in [-0.1, -0.05) is 37.4 Å². The van der Waals surface area contributed by atoms with E-state index >= 15 is 0 Å². The van der Waals surface area contributed by atoms with Gasteiger partial charge in [-0.25, -0.2) is 10.8 Å². The number of carbonyl (C=O) groups excluding carboxylic acids is 1. The number of aromatic nitrogens is 1. The van der Waals surface area contributed by atoms with Gasteiger partial charge in [0, 0.05) is 18.0 Å². The van der Waals surface area contributed by atoms with Gasteiger partial charge in [0.15, 0.2) is 5.96 Å². The van der Waals surface area contributed by atoms with Gasteiger partial charge in [-0.2, -0.15) is 13.2 Å². The number of allylic oxidation sites excluding steroid dienone is 4. The number of nitrogens with zero attached hydrogens (tertiary/aromatic N) is 3. The molecule has 0 unspecified atom stereocenters. The molecule has 0 fully saturated rings. The fourth-order valence-corrected chi connectivity index (χ4v) is 2.39. The molecule has 0 aliphatic heterocycles. The van der Waals surface area contributed by atoms with Crippen LogP contribution in [0.25, 0.3) is 5.57 Å². The highest BCUT2D eigenvalue weighted by Crippen LogP contribution is 2.31. The average Bonchev–Trinajstić information content (AvgIpc) is 2.77. The molecule has 1 aromatic heterocycles. The summed E-state index contributed by atoms with van der Waals surface area (Å²) in [4.78, 5) is 19.7. The molecule has 0 aliphatic carbocycles. The van der Waals surface area contributed by atoms with Crippen molar-refractivity contribution < 1.29 is 18.0 Å². The van der Waals surface area contributed by atoms with Gasteiger partial charge in [0.2, 0.25) is 0 Å². The standard InChI is InChI=1S/C22H21F3N6O/c1-3-18(14-29-21(26)30-20(32)16-8-5-4-6-9-16)31(27)19(22(23,24)25)12-15(2)17-10-7-11-28-13-17/h3-14H,1-2,27H2,(H3,26,29,30,32)/b18-14+,19-12-. The molecule has 0 atom stereocenters. The van der Waals surface area contributed by atoms with Crippen molar-refractivity contribution in [2.24, 2.45) is 16.6 Å². The summed E-state index contributed by atoms with van der Waals surface area (Å²) in [6.45, 7) is 7.10. The molecule has 7 nitrogen and oxygen atoms in total.